The summed E-state index contributed by atoms with van der Waals surface area (Å²) >= 11 is 0. The first-order valence-electron chi connectivity index (χ1n) is 9.59. The van der Waals surface area contributed by atoms with E-state index in [1.807, 2.05) is 41.3 Å². The van der Waals surface area contributed by atoms with Crippen LogP contribution in [0, 0.1) is 6.92 Å². The first-order valence-corrected chi connectivity index (χ1v) is 9.59. The summed E-state index contributed by atoms with van der Waals surface area (Å²) < 4.78 is 10.8. The van der Waals surface area contributed by atoms with Gasteiger partial charge in [0, 0.05) is 30.1 Å². The number of rotatable bonds is 3. The molecule has 3 heterocycles. The molecule has 146 valence electrons. The molecule has 0 atom stereocenters. The zero-order valence-electron chi connectivity index (χ0n) is 16.0. The van der Waals surface area contributed by atoms with E-state index in [4.69, 9.17) is 9.47 Å². The molecule has 0 fully saturated rings. The summed E-state index contributed by atoms with van der Waals surface area (Å²) in [6.07, 6.45) is 1.93. The number of hydrogen-bond acceptors (Lipinski definition) is 6. The maximum atomic E-state index is 13.2. The average molecular weight is 388 g/mol. The summed E-state index contributed by atoms with van der Waals surface area (Å²) in [6, 6.07) is 15.3. The number of aromatic nitrogens is 2. The van der Waals surface area contributed by atoms with Crippen LogP contribution in [-0.4, -0.2) is 29.2 Å². The number of carbonyl (C=O) groups is 1. The maximum absolute atomic E-state index is 13.2. The molecule has 0 unspecified atom stereocenters. The zero-order valence-corrected chi connectivity index (χ0v) is 16.0. The zero-order chi connectivity index (χ0) is 19.8. The summed E-state index contributed by atoms with van der Waals surface area (Å²) in [5.41, 5.74) is 3.33. The Hall–Kier alpha value is -3.61. The molecule has 7 heteroatoms. The standard InChI is InChI=1S/C22H20N4O3/c1-14-23-17(22(27)26-10-4-6-15-5-2-3-7-18(15)26)12-21(24-14)25-16-8-9-19-20(11-16)29-13-28-19/h2-3,5,7-9,11-12H,4,6,10,13H2,1H3,(H,23,24,25). The Morgan fingerprint density at radius 1 is 1.07 bits per heavy atom. The molecule has 0 saturated carbocycles. The van der Waals surface area contributed by atoms with Crippen LogP contribution >= 0.6 is 0 Å². The minimum atomic E-state index is -0.114. The lowest BCUT2D eigenvalue weighted by molar-refractivity contribution is 0.0980. The molecule has 2 aliphatic heterocycles. The van der Waals surface area contributed by atoms with Crippen LogP contribution in [-0.2, 0) is 6.42 Å². The van der Waals surface area contributed by atoms with E-state index in [1.54, 1.807) is 13.0 Å². The van der Waals surface area contributed by atoms with Crippen LogP contribution in [0.1, 0.15) is 28.3 Å². The van der Waals surface area contributed by atoms with Crippen LogP contribution in [0.25, 0.3) is 0 Å². The monoisotopic (exact) mass is 388 g/mol. The molecule has 0 saturated heterocycles. The van der Waals surface area contributed by atoms with E-state index in [2.05, 4.69) is 21.4 Å². The predicted octanol–water partition coefficient (Wildman–Crippen LogP) is 3.85. The third-order valence-electron chi connectivity index (χ3n) is 5.06. The number of anilines is 3. The van der Waals surface area contributed by atoms with Gasteiger partial charge in [0.05, 0.1) is 0 Å². The molecule has 7 nitrogen and oxygen atoms in total. The van der Waals surface area contributed by atoms with Gasteiger partial charge in [0.1, 0.15) is 17.3 Å². The Morgan fingerprint density at radius 3 is 2.86 bits per heavy atom. The molecule has 5 rings (SSSR count). The van der Waals surface area contributed by atoms with Crippen molar-refractivity contribution in [2.24, 2.45) is 0 Å². The SMILES string of the molecule is Cc1nc(Nc2ccc3c(c2)OCO3)cc(C(=O)N2CCCc3ccccc32)n1. The summed E-state index contributed by atoms with van der Waals surface area (Å²) in [5.74, 6) is 2.38. The Bertz CT molecular complexity index is 1100. The molecular weight excluding hydrogens is 368 g/mol. The fourth-order valence-corrected chi connectivity index (χ4v) is 3.75. The number of nitrogens with zero attached hydrogens (tertiary/aromatic N) is 3. The van der Waals surface area contributed by atoms with Crippen molar-refractivity contribution in [2.75, 3.05) is 23.6 Å². The second-order valence-electron chi connectivity index (χ2n) is 7.07. The Balaban J connectivity index is 1.43. The molecule has 1 amide bonds. The quantitative estimate of drug-likeness (QED) is 0.734. The molecule has 0 spiro atoms. The van der Waals surface area contributed by atoms with E-state index < -0.39 is 0 Å². The van der Waals surface area contributed by atoms with E-state index in [-0.39, 0.29) is 12.7 Å². The van der Waals surface area contributed by atoms with Crippen LogP contribution in [0.5, 0.6) is 11.5 Å². The van der Waals surface area contributed by atoms with Gasteiger partial charge in [-0.1, -0.05) is 18.2 Å². The Labute approximate surface area is 168 Å². The van der Waals surface area contributed by atoms with Crippen LogP contribution < -0.4 is 19.7 Å². The van der Waals surface area contributed by atoms with Gasteiger partial charge in [0.2, 0.25) is 6.79 Å². The highest BCUT2D eigenvalue weighted by atomic mass is 16.7. The van der Waals surface area contributed by atoms with Crippen LogP contribution in [0.3, 0.4) is 0 Å². The number of amides is 1. The van der Waals surface area contributed by atoms with E-state index >= 15 is 0 Å². The van der Waals surface area contributed by atoms with Crippen molar-refractivity contribution in [2.45, 2.75) is 19.8 Å². The number of carbonyl (C=O) groups excluding carboxylic acids is 1. The summed E-state index contributed by atoms with van der Waals surface area (Å²) in [7, 11) is 0. The lowest BCUT2D eigenvalue weighted by Crippen LogP contribution is -2.36. The highest BCUT2D eigenvalue weighted by Crippen LogP contribution is 2.35. The van der Waals surface area contributed by atoms with Gasteiger partial charge in [-0.15, -0.1) is 0 Å². The minimum Gasteiger partial charge on any atom is -0.454 e. The normalized spacial score (nSPS) is 14.4. The third-order valence-corrected chi connectivity index (χ3v) is 5.06. The van der Waals surface area contributed by atoms with Crippen molar-refractivity contribution >= 4 is 23.1 Å². The van der Waals surface area contributed by atoms with Crippen LogP contribution in [0.4, 0.5) is 17.2 Å². The van der Waals surface area contributed by atoms with Crippen LogP contribution in [0.2, 0.25) is 0 Å². The van der Waals surface area contributed by atoms with Crippen molar-refractivity contribution in [3.05, 3.63) is 65.6 Å². The smallest absolute Gasteiger partial charge is 0.277 e. The van der Waals surface area contributed by atoms with Crippen molar-refractivity contribution in [1.29, 1.82) is 0 Å². The van der Waals surface area contributed by atoms with E-state index in [0.29, 0.717) is 35.4 Å². The number of hydrogen-bond donors (Lipinski definition) is 1. The molecule has 1 aromatic heterocycles. The molecule has 29 heavy (non-hydrogen) atoms. The van der Waals surface area contributed by atoms with Gasteiger partial charge in [-0.2, -0.15) is 0 Å². The number of nitrogens with one attached hydrogen (secondary N) is 1. The molecule has 0 radical (unpaired) electrons. The van der Waals surface area contributed by atoms with Crippen LogP contribution in [0.15, 0.2) is 48.5 Å². The summed E-state index contributed by atoms with van der Waals surface area (Å²) in [6.45, 7) is 2.69. The van der Waals surface area contributed by atoms with Gasteiger partial charge in [0.15, 0.2) is 11.5 Å². The van der Waals surface area contributed by atoms with Gasteiger partial charge in [-0.05, 0) is 43.5 Å². The number of fused-ring (bicyclic) bond motifs is 2. The van der Waals surface area contributed by atoms with E-state index in [1.165, 1.54) is 5.56 Å². The summed E-state index contributed by atoms with van der Waals surface area (Å²) in [4.78, 5) is 23.9. The molecule has 1 N–H and O–H groups in total. The van der Waals surface area contributed by atoms with Gasteiger partial charge >= 0.3 is 0 Å². The lowest BCUT2D eigenvalue weighted by atomic mass is 10.0. The minimum absolute atomic E-state index is 0.114. The number of aryl methyl sites for hydroxylation is 2. The van der Waals surface area contributed by atoms with Gasteiger partial charge in [-0.25, -0.2) is 9.97 Å². The van der Waals surface area contributed by atoms with Crippen molar-refractivity contribution in [3.63, 3.8) is 0 Å². The molecule has 3 aromatic rings. The highest BCUT2D eigenvalue weighted by Gasteiger charge is 2.25. The predicted molar refractivity (Wildman–Crippen MR) is 109 cm³/mol. The fraction of sp³-hybridized carbons (Fsp3) is 0.227. The number of benzene rings is 2. The second kappa shape index (κ2) is 7.09. The van der Waals surface area contributed by atoms with E-state index in [9.17, 15) is 4.79 Å². The molecule has 2 aliphatic rings. The molecular formula is C22H20N4O3. The highest BCUT2D eigenvalue weighted by molar-refractivity contribution is 6.05. The lowest BCUT2D eigenvalue weighted by Gasteiger charge is -2.29. The van der Waals surface area contributed by atoms with Gasteiger partial charge in [0.25, 0.3) is 5.91 Å². The topological polar surface area (TPSA) is 76.6 Å². The average Bonchev–Trinajstić information content (AvgIpc) is 3.20. The van der Waals surface area contributed by atoms with Crippen molar-refractivity contribution in [3.8, 4) is 11.5 Å². The number of para-hydroxylation sites is 1. The Morgan fingerprint density at radius 2 is 1.93 bits per heavy atom. The van der Waals surface area contributed by atoms with E-state index in [0.717, 1.165) is 24.2 Å². The largest absolute Gasteiger partial charge is 0.454 e. The van der Waals surface area contributed by atoms with Gasteiger partial charge in [-0.3, -0.25) is 4.79 Å². The summed E-state index contributed by atoms with van der Waals surface area (Å²) in [5, 5.41) is 3.23. The number of ether oxygens (including phenoxy) is 2. The Kier molecular flexibility index (Phi) is 4.27. The van der Waals surface area contributed by atoms with Crippen molar-refractivity contribution in [1.82, 2.24) is 9.97 Å². The molecule has 0 aliphatic carbocycles. The maximum Gasteiger partial charge on any atom is 0.277 e. The van der Waals surface area contributed by atoms with Gasteiger partial charge < -0.3 is 19.7 Å². The fourth-order valence-electron chi connectivity index (χ4n) is 3.75. The molecule has 2 aromatic carbocycles. The molecule has 0 bridgehead atoms. The second-order valence-corrected chi connectivity index (χ2v) is 7.07. The third kappa shape index (κ3) is 3.35. The van der Waals surface area contributed by atoms with Crippen molar-refractivity contribution < 1.29 is 14.3 Å². The first-order chi connectivity index (χ1) is 14.2. The first kappa shape index (κ1) is 17.5.